The second-order valence-electron chi connectivity index (χ2n) is 7.84. The molecule has 1 saturated carbocycles. The number of amides is 1. The minimum absolute atomic E-state index is 0.0428. The molecule has 1 amide bonds. The predicted octanol–water partition coefficient (Wildman–Crippen LogP) is 1.27. The number of imidazole rings is 1. The third kappa shape index (κ3) is 4.01. The van der Waals surface area contributed by atoms with Crippen LogP contribution in [0.15, 0.2) is 36.7 Å². The molecule has 1 aliphatic rings. The maximum Gasteiger partial charge on any atom is 0.251 e. The molecule has 28 heavy (non-hydrogen) atoms. The Morgan fingerprint density at radius 1 is 1.32 bits per heavy atom. The van der Waals surface area contributed by atoms with E-state index in [4.69, 9.17) is 7.85 Å². The third-order valence-electron chi connectivity index (χ3n) is 4.55. The van der Waals surface area contributed by atoms with Crippen molar-refractivity contribution in [1.29, 1.82) is 0 Å². The number of hydrogen-bond acceptors (Lipinski definition) is 5. The molecule has 0 unspecified atom stereocenters. The van der Waals surface area contributed by atoms with E-state index in [9.17, 15) is 9.90 Å². The molecule has 3 N–H and O–H groups in total. The Kier molecular flexibility index (Phi) is 4.59. The Hall–Kier alpha value is -2.87. The lowest BCUT2D eigenvalue weighted by Crippen LogP contribution is -2.30. The van der Waals surface area contributed by atoms with Crippen molar-refractivity contribution in [3.05, 3.63) is 42.2 Å². The van der Waals surface area contributed by atoms with Gasteiger partial charge in [0.15, 0.2) is 11.5 Å². The van der Waals surface area contributed by atoms with Crippen LogP contribution in [0, 0.1) is 0 Å². The Morgan fingerprint density at radius 2 is 2.04 bits per heavy atom. The molecule has 0 atom stereocenters. The number of fused-ring (bicyclic) bond motifs is 1. The third-order valence-corrected chi connectivity index (χ3v) is 4.55. The van der Waals surface area contributed by atoms with E-state index in [1.807, 2.05) is 28.7 Å². The summed E-state index contributed by atoms with van der Waals surface area (Å²) < 4.78 is 1.86. The molecule has 0 aliphatic heterocycles. The number of nitrogens with one attached hydrogen (secondary N) is 2. The topological polar surface area (TPSA) is 91.5 Å². The molecular formula is C20H22BN5O2. The van der Waals surface area contributed by atoms with Gasteiger partial charge in [0.25, 0.3) is 5.91 Å². The zero-order chi connectivity index (χ0) is 19.9. The summed E-state index contributed by atoms with van der Waals surface area (Å²) in [6, 6.07) is 7.74. The van der Waals surface area contributed by atoms with Crippen LogP contribution in [0.1, 0.15) is 37.0 Å². The first-order valence-electron chi connectivity index (χ1n) is 9.31. The fraction of sp³-hybridized carbons (Fsp3) is 0.350. The molecule has 7 nitrogen and oxygen atoms in total. The predicted molar refractivity (Wildman–Crippen MR) is 109 cm³/mol. The molecular weight excluding hydrogens is 353 g/mol. The standard InChI is InChI=1S/C20H22BN5O2/c1-20(2,28)11-23-17-18-22-9-15(26(18)10-16(21)25-17)12-3-5-13(6-4-12)19(27)24-14-7-8-14/h3-6,9-10,14,28H,7-8,11H2,1-2H3,(H,23,25)(H,24,27). The van der Waals surface area contributed by atoms with E-state index in [0.717, 1.165) is 24.1 Å². The Balaban J connectivity index is 1.63. The number of aromatic nitrogens is 3. The van der Waals surface area contributed by atoms with Gasteiger partial charge in [0.05, 0.1) is 17.5 Å². The molecule has 1 aromatic carbocycles. The highest BCUT2D eigenvalue weighted by atomic mass is 16.3. The molecule has 0 spiro atoms. The summed E-state index contributed by atoms with van der Waals surface area (Å²) in [5.74, 6) is 0.465. The maximum absolute atomic E-state index is 12.2. The zero-order valence-corrected chi connectivity index (χ0v) is 15.9. The summed E-state index contributed by atoms with van der Waals surface area (Å²) in [6.07, 6.45) is 5.57. The smallest absolute Gasteiger partial charge is 0.251 e. The fourth-order valence-corrected chi connectivity index (χ4v) is 2.93. The summed E-state index contributed by atoms with van der Waals surface area (Å²) >= 11 is 0. The minimum Gasteiger partial charge on any atom is -0.389 e. The molecule has 2 heterocycles. The molecule has 8 heteroatoms. The van der Waals surface area contributed by atoms with Gasteiger partial charge in [0, 0.05) is 35.5 Å². The zero-order valence-electron chi connectivity index (χ0n) is 15.9. The van der Waals surface area contributed by atoms with E-state index in [1.165, 1.54) is 0 Å². The van der Waals surface area contributed by atoms with Crippen molar-refractivity contribution in [3.63, 3.8) is 0 Å². The first-order chi connectivity index (χ1) is 13.3. The van der Waals surface area contributed by atoms with Gasteiger partial charge in [-0.1, -0.05) is 12.1 Å². The first kappa shape index (κ1) is 18.5. The minimum atomic E-state index is -0.893. The summed E-state index contributed by atoms with van der Waals surface area (Å²) in [6.45, 7) is 3.73. The van der Waals surface area contributed by atoms with Crippen LogP contribution in [0.25, 0.3) is 16.9 Å². The van der Waals surface area contributed by atoms with E-state index in [1.54, 1.807) is 26.2 Å². The summed E-state index contributed by atoms with van der Waals surface area (Å²) in [4.78, 5) is 20.9. The lowest BCUT2D eigenvalue weighted by Gasteiger charge is -2.18. The van der Waals surface area contributed by atoms with Crippen molar-refractivity contribution < 1.29 is 9.90 Å². The number of carbonyl (C=O) groups is 1. The summed E-state index contributed by atoms with van der Waals surface area (Å²) in [5, 5.41) is 16.0. The van der Waals surface area contributed by atoms with Crippen LogP contribution in [-0.2, 0) is 0 Å². The molecule has 4 rings (SSSR count). The first-order valence-corrected chi connectivity index (χ1v) is 9.31. The van der Waals surface area contributed by atoms with Crippen LogP contribution in [0.2, 0.25) is 0 Å². The second kappa shape index (κ2) is 6.94. The van der Waals surface area contributed by atoms with E-state index in [-0.39, 0.29) is 5.91 Å². The summed E-state index contributed by atoms with van der Waals surface area (Å²) in [7, 11) is 5.97. The average molecular weight is 375 g/mol. The van der Waals surface area contributed by atoms with Gasteiger partial charge in [-0.05, 0) is 38.8 Å². The Labute approximate surface area is 164 Å². The van der Waals surface area contributed by atoms with E-state index >= 15 is 0 Å². The number of anilines is 1. The largest absolute Gasteiger partial charge is 0.389 e. The Morgan fingerprint density at radius 3 is 2.68 bits per heavy atom. The van der Waals surface area contributed by atoms with Gasteiger partial charge in [-0.3, -0.25) is 9.20 Å². The van der Waals surface area contributed by atoms with Crippen LogP contribution < -0.4 is 16.2 Å². The number of rotatable bonds is 6. The number of hydrogen-bond donors (Lipinski definition) is 3. The molecule has 0 bridgehead atoms. The highest BCUT2D eigenvalue weighted by Gasteiger charge is 2.23. The number of aliphatic hydroxyl groups is 1. The van der Waals surface area contributed by atoms with Crippen LogP contribution >= 0.6 is 0 Å². The van der Waals surface area contributed by atoms with Crippen LogP contribution in [0.3, 0.4) is 0 Å². The summed E-state index contributed by atoms with van der Waals surface area (Å²) in [5.41, 5.74) is 2.45. The lowest BCUT2D eigenvalue weighted by molar-refractivity contribution is 0.0940. The highest BCUT2D eigenvalue weighted by molar-refractivity contribution is 6.30. The molecule has 142 valence electrons. The number of carbonyl (C=O) groups excluding carboxylic acids is 1. The lowest BCUT2D eigenvalue weighted by atomic mass is 10.1. The molecule has 2 aromatic heterocycles. The van der Waals surface area contributed by atoms with Crippen molar-refractivity contribution >= 4 is 30.8 Å². The molecule has 1 fully saturated rings. The van der Waals surface area contributed by atoms with Crippen molar-refractivity contribution in [1.82, 2.24) is 19.7 Å². The Bertz CT molecular complexity index is 1020. The van der Waals surface area contributed by atoms with Gasteiger partial charge >= 0.3 is 0 Å². The highest BCUT2D eigenvalue weighted by Crippen LogP contribution is 2.24. The van der Waals surface area contributed by atoms with Gasteiger partial charge in [-0.2, -0.15) is 0 Å². The van der Waals surface area contributed by atoms with Gasteiger partial charge in [-0.15, -0.1) is 0 Å². The van der Waals surface area contributed by atoms with Crippen molar-refractivity contribution in [2.24, 2.45) is 0 Å². The number of nitrogens with zero attached hydrogens (tertiary/aromatic N) is 3. The van der Waals surface area contributed by atoms with Gasteiger partial charge in [0.2, 0.25) is 0 Å². The molecule has 2 radical (unpaired) electrons. The maximum atomic E-state index is 12.2. The number of benzene rings is 1. The second-order valence-corrected chi connectivity index (χ2v) is 7.84. The molecule has 0 saturated heterocycles. The van der Waals surface area contributed by atoms with E-state index in [2.05, 4.69) is 20.6 Å². The van der Waals surface area contributed by atoms with E-state index in [0.29, 0.717) is 35.2 Å². The van der Waals surface area contributed by atoms with Crippen LogP contribution in [0.4, 0.5) is 5.82 Å². The van der Waals surface area contributed by atoms with E-state index < -0.39 is 5.60 Å². The van der Waals surface area contributed by atoms with Crippen LogP contribution in [-0.4, -0.2) is 51.4 Å². The van der Waals surface area contributed by atoms with Gasteiger partial charge in [-0.25, -0.2) is 9.97 Å². The van der Waals surface area contributed by atoms with Crippen molar-refractivity contribution in [3.8, 4) is 11.3 Å². The molecule has 1 aliphatic carbocycles. The van der Waals surface area contributed by atoms with Gasteiger partial charge in [0.1, 0.15) is 7.85 Å². The average Bonchev–Trinajstić information content (AvgIpc) is 3.35. The van der Waals surface area contributed by atoms with Crippen LogP contribution in [0.5, 0.6) is 0 Å². The molecule has 3 aromatic rings. The van der Waals surface area contributed by atoms with Crippen molar-refractivity contribution in [2.75, 3.05) is 11.9 Å². The quantitative estimate of drug-likeness (QED) is 0.565. The fourth-order valence-electron chi connectivity index (χ4n) is 2.93. The van der Waals surface area contributed by atoms with Gasteiger partial charge < -0.3 is 15.7 Å². The monoisotopic (exact) mass is 375 g/mol. The van der Waals surface area contributed by atoms with Crippen molar-refractivity contribution in [2.45, 2.75) is 38.3 Å². The SMILES string of the molecule is [B]c1cn2c(-c3ccc(C(=O)NC4CC4)cc3)cnc2c(NCC(C)(C)O)n1. The normalized spacial score (nSPS) is 14.2.